The van der Waals surface area contributed by atoms with Crippen LogP contribution in [0.25, 0.3) is 0 Å². The quantitative estimate of drug-likeness (QED) is 0.775. The molecule has 2 rings (SSSR count). The summed E-state index contributed by atoms with van der Waals surface area (Å²) in [5.41, 5.74) is 1.14. The van der Waals surface area contributed by atoms with Crippen LogP contribution in [-0.2, 0) is 6.42 Å². The molecule has 0 bridgehead atoms. The van der Waals surface area contributed by atoms with Crippen LogP contribution < -0.4 is 9.47 Å². The van der Waals surface area contributed by atoms with Gasteiger partial charge >= 0.3 is 0 Å². The molecule has 13 heavy (non-hydrogen) atoms. The van der Waals surface area contributed by atoms with E-state index < -0.39 is 0 Å². The van der Waals surface area contributed by atoms with Crippen molar-refractivity contribution >= 4 is 27.5 Å². The van der Waals surface area contributed by atoms with E-state index >= 15 is 0 Å². The van der Waals surface area contributed by atoms with Gasteiger partial charge in [-0.25, -0.2) is 0 Å². The van der Waals surface area contributed by atoms with E-state index in [1.165, 1.54) is 0 Å². The Morgan fingerprint density at radius 2 is 2.38 bits per heavy atom. The minimum absolute atomic E-state index is 0.624. The standard InChI is InChI=1S/C9H8BrClO2/c1-12-9-6(11)4-5-2-3-13-8(5)7(9)10/h4H,2-3H2,1H3. The van der Waals surface area contributed by atoms with Crippen molar-refractivity contribution in [2.45, 2.75) is 6.42 Å². The topological polar surface area (TPSA) is 18.5 Å². The molecule has 0 N–H and O–H groups in total. The second kappa shape index (κ2) is 3.39. The van der Waals surface area contributed by atoms with Crippen molar-refractivity contribution in [2.24, 2.45) is 0 Å². The highest BCUT2D eigenvalue weighted by molar-refractivity contribution is 9.10. The molecule has 0 aromatic heterocycles. The molecule has 0 radical (unpaired) electrons. The fourth-order valence-electron chi connectivity index (χ4n) is 1.42. The number of hydrogen-bond donors (Lipinski definition) is 0. The highest BCUT2D eigenvalue weighted by Crippen LogP contribution is 2.44. The third-order valence-corrected chi connectivity index (χ3v) is 3.03. The summed E-state index contributed by atoms with van der Waals surface area (Å²) < 4.78 is 11.4. The Hall–Kier alpha value is -0.410. The smallest absolute Gasteiger partial charge is 0.155 e. The molecule has 0 spiro atoms. The lowest BCUT2D eigenvalue weighted by Crippen LogP contribution is -1.90. The highest BCUT2D eigenvalue weighted by atomic mass is 79.9. The van der Waals surface area contributed by atoms with Gasteiger partial charge in [-0.05, 0) is 22.0 Å². The Labute approximate surface area is 89.9 Å². The summed E-state index contributed by atoms with van der Waals surface area (Å²) in [4.78, 5) is 0. The fourth-order valence-corrected chi connectivity index (χ4v) is 2.59. The van der Waals surface area contributed by atoms with Crippen molar-refractivity contribution in [3.05, 3.63) is 21.1 Å². The summed E-state index contributed by atoms with van der Waals surface area (Å²) in [6.45, 7) is 0.720. The minimum Gasteiger partial charge on any atom is -0.494 e. The second-order valence-electron chi connectivity index (χ2n) is 2.79. The first-order valence-electron chi connectivity index (χ1n) is 3.91. The maximum absolute atomic E-state index is 6.00. The Morgan fingerprint density at radius 3 is 3.08 bits per heavy atom. The molecular formula is C9H8BrClO2. The van der Waals surface area contributed by atoms with E-state index in [-0.39, 0.29) is 0 Å². The van der Waals surface area contributed by atoms with Gasteiger partial charge in [-0.1, -0.05) is 11.6 Å². The van der Waals surface area contributed by atoms with Gasteiger partial charge in [-0.15, -0.1) is 0 Å². The Bertz CT molecular complexity index is 348. The Morgan fingerprint density at radius 1 is 1.62 bits per heavy atom. The number of methoxy groups -OCH3 is 1. The maximum Gasteiger partial charge on any atom is 0.155 e. The Balaban J connectivity index is 2.62. The molecule has 0 aliphatic carbocycles. The summed E-state index contributed by atoms with van der Waals surface area (Å²) in [6, 6.07) is 1.90. The van der Waals surface area contributed by atoms with E-state index in [0.717, 1.165) is 28.8 Å². The van der Waals surface area contributed by atoms with Crippen LogP contribution >= 0.6 is 27.5 Å². The van der Waals surface area contributed by atoms with Gasteiger partial charge in [0.05, 0.1) is 18.7 Å². The van der Waals surface area contributed by atoms with E-state index in [1.807, 2.05) is 6.07 Å². The van der Waals surface area contributed by atoms with Crippen molar-refractivity contribution in [2.75, 3.05) is 13.7 Å². The molecule has 2 nitrogen and oxygen atoms in total. The number of halogens is 2. The molecule has 0 unspecified atom stereocenters. The molecule has 0 atom stereocenters. The second-order valence-corrected chi connectivity index (χ2v) is 3.99. The average molecular weight is 264 g/mol. The molecule has 0 fully saturated rings. The largest absolute Gasteiger partial charge is 0.494 e. The van der Waals surface area contributed by atoms with Crippen LogP contribution in [0.2, 0.25) is 5.02 Å². The van der Waals surface area contributed by atoms with E-state index in [4.69, 9.17) is 21.1 Å². The zero-order valence-corrected chi connectivity index (χ0v) is 9.41. The predicted molar refractivity (Wildman–Crippen MR) is 54.9 cm³/mol. The first-order valence-corrected chi connectivity index (χ1v) is 5.09. The highest BCUT2D eigenvalue weighted by Gasteiger charge is 2.21. The van der Waals surface area contributed by atoms with Gasteiger partial charge in [-0.2, -0.15) is 0 Å². The first-order chi connectivity index (χ1) is 6.24. The summed E-state index contributed by atoms with van der Waals surface area (Å²) >= 11 is 9.41. The third-order valence-electron chi connectivity index (χ3n) is 2.03. The summed E-state index contributed by atoms with van der Waals surface area (Å²) in [7, 11) is 1.59. The lowest BCUT2D eigenvalue weighted by molar-refractivity contribution is 0.350. The average Bonchev–Trinajstić information content (AvgIpc) is 2.53. The van der Waals surface area contributed by atoms with Crippen LogP contribution in [0.5, 0.6) is 11.5 Å². The number of rotatable bonds is 1. The van der Waals surface area contributed by atoms with Crippen LogP contribution in [0.1, 0.15) is 5.56 Å². The first kappa shape index (κ1) is 9.16. The van der Waals surface area contributed by atoms with E-state index in [9.17, 15) is 0 Å². The van der Waals surface area contributed by atoms with Gasteiger partial charge in [0.2, 0.25) is 0 Å². The lowest BCUT2D eigenvalue weighted by atomic mass is 10.1. The third kappa shape index (κ3) is 1.40. The van der Waals surface area contributed by atoms with Gasteiger partial charge in [0.1, 0.15) is 10.2 Å². The van der Waals surface area contributed by atoms with E-state index in [1.54, 1.807) is 7.11 Å². The van der Waals surface area contributed by atoms with Crippen molar-refractivity contribution in [1.82, 2.24) is 0 Å². The molecule has 0 saturated carbocycles. The predicted octanol–water partition coefficient (Wildman–Crippen LogP) is 3.05. The van der Waals surface area contributed by atoms with Crippen LogP contribution in [0.15, 0.2) is 10.5 Å². The minimum atomic E-state index is 0.624. The molecule has 0 amide bonds. The molecule has 4 heteroatoms. The summed E-state index contributed by atoms with van der Waals surface area (Å²) in [5, 5.41) is 0.624. The maximum atomic E-state index is 6.00. The normalized spacial score (nSPS) is 13.8. The molecule has 1 heterocycles. The van der Waals surface area contributed by atoms with Crippen LogP contribution in [0.3, 0.4) is 0 Å². The van der Waals surface area contributed by atoms with Crippen molar-refractivity contribution in [3.63, 3.8) is 0 Å². The van der Waals surface area contributed by atoms with Gasteiger partial charge in [0.15, 0.2) is 5.75 Å². The molecule has 1 aromatic carbocycles. The zero-order chi connectivity index (χ0) is 9.42. The molecule has 1 aliphatic rings. The van der Waals surface area contributed by atoms with Gasteiger partial charge in [0.25, 0.3) is 0 Å². The molecule has 0 saturated heterocycles. The number of fused-ring (bicyclic) bond motifs is 1. The van der Waals surface area contributed by atoms with Crippen LogP contribution in [-0.4, -0.2) is 13.7 Å². The molecule has 1 aromatic rings. The van der Waals surface area contributed by atoms with Gasteiger partial charge in [-0.3, -0.25) is 0 Å². The monoisotopic (exact) mass is 262 g/mol. The molecule has 1 aliphatic heterocycles. The summed E-state index contributed by atoms with van der Waals surface area (Å²) in [6.07, 6.45) is 0.914. The van der Waals surface area contributed by atoms with Gasteiger partial charge < -0.3 is 9.47 Å². The SMILES string of the molecule is COc1c(Cl)cc2c(c1Br)OCC2. The zero-order valence-electron chi connectivity index (χ0n) is 7.06. The number of benzene rings is 1. The lowest BCUT2D eigenvalue weighted by Gasteiger charge is -2.09. The van der Waals surface area contributed by atoms with Crippen LogP contribution in [0, 0.1) is 0 Å². The molecule has 70 valence electrons. The van der Waals surface area contributed by atoms with Crippen molar-refractivity contribution in [3.8, 4) is 11.5 Å². The number of ether oxygens (including phenoxy) is 2. The number of hydrogen-bond acceptors (Lipinski definition) is 2. The summed E-state index contributed by atoms with van der Waals surface area (Å²) in [5.74, 6) is 1.50. The van der Waals surface area contributed by atoms with Crippen LogP contribution in [0.4, 0.5) is 0 Å². The fraction of sp³-hybridized carbons (Fsp3) is 0.333. The molecular weight excluding hydrogens is 255 g/mol. The Kier molecular flexibility index (Phi) is 2.39. The van der Waals surface area contributed by atoms with E-state index in [2.05, 4.69) is 15.9 Å². The van der Waals surface area contributed by atoms with Gasteiger partial charge in [0, 0.05) is 12.0 Å². The van der Waals surface area contributed by atoms with E-state index in [0.29, 0.717) is 10.8 Å². The van der Waals surface area contributed by atoms with Crippen molar-refractivity contribution in [1.29, 1.82) is 0 Å². The van der Waals surface area contributed by atoms with Crippen molar-refractivity contribution < 1.29 is 9.47 Å².